The summed E-state index contributed by atoms with van der Waals surface area (Å²) in [5.41, 5.74) is 3.77. The molecule has 0 saturated carbocycles. The summed E-state index contributed by atoms with van der Waals surface area (Å²) in [4.78, 5) is 21.4. The van der Waals surface area contributed by atoms with Crippen molar-refractivity contribution >= 4 is 11.6 Å². The van der Waals surface area contributed by atoms with Crippen LogP contribution in [-0.2, 0) is 11.3 Å². The monoisotopic (exact) mass is 380 g/mol. The standard InChI is InChI=1S/C20H20N4O4/c1-13-17(9-22-28-13)20(25)24-11-14-8-15(23-4-6-26-7-5-23)2-3-16(14)19(24)18-10-21-12-27-18/h2-3,8-10,12,19H,4-7,11H2,1H3. The molecule has 2 aliphatic rings. The number of benzene rings is 1. The van der Waals surface area contributed by atoms with Crippen LogP contribution < -0.4 is 4.90 Å². The molecule has 8 nitrogen and oxygen atoms in total. The zero-order chi connectivity index (χ0) is 19.1. The summed E-state index contributed by atoms with van der Waals surface area (Å²) in [6.07, 6.45) is 4.52. The molecule has 0 aliphatic carbocycles. The number of aromatic nitrogens is 2. The number of carbonyl (C=O) groups excluding carboxylic acids is 1. The van der Waals surface area contributed by atoms with Gasteiger partial charge in [0, 0.05) is 25.3 Å². The molecule has 2 aliphatic heterocycles. The van der Waals surface area contributed by atoms with Gasteiger partial charge in [-0.1, -0.05) is 11.2 Å². The van der Waals surface area contributed by atoms with E-state index in [1.807, 2.05) is 0 Å². The highest BCUT2D eigenvalue weighted by Gasteiger charge is 2.38. The van der Waals surface area contributed by atoms with Crippen LogP contribution in [0.4, 0.5) is 5.69 Å². The molecule has 1 aromatic carbocycles. The van der Waals surface area contributed by atoms with Crippen molar-refractivity contribution < 1.29 is 18.5 Å². The van der Waals surface area contributed by atoms with Crippen LogP contribution in [0.5, 0.6) is 0 Å². The highest BCUT2D eigenvalue weighted by atomic mass is 16.5. The Morgan fingerprint density at radius 1 is 1.21 bits per heavy atom. The molecular weight excluding hydrogens is 360 g/mol. The molecule has 0 N–H and O–H groups in total. The Bertz CT molecular complexity index is 992. The summed E-state index contributed by atoms with van der Waals surface area (Å²) in [5, 5.41) is 3.75. The molecule has 144 valence electrons. The quantitative estimate of drug-likeness (QED) is 0.690. The SMILES string of the molecule is Cc1oncc1C(=O)N1Cc2cc(N3CCOCC3)ccc2C1c1cnco1. The number of rotatable bonds is 3. The van der Waals surface area contributed by atoms with Crippen molar-refractivity contribution in [2.45, 2.75) is 19.5 Å². The van der Waals surface area contributed by atoms with E-state index in [9.17, 15) is 4.79 Å². The Hall–Kier alpha value is -3.13. The Labute approximate surface area is 161 Å². The maximum Gasteiger partial charge on any atom is 0.260 e. The average Bonchev–Trinajstić information content (AvgIpc) is 3.46. The van der Waals surface area contributed by atoms with Gasteiger partial charge in [-0.2, -0.15) is 0 Å². The predicted octanol–water partition coefficient (Wildman–Crippen LogP) is 2.55. The maximum atomic E-state index is 13.2. The van der Waals surface area contributed by atoms with E-state index in [1.54, 1.807) is 18.0 Å². The van der Waals surface area contributed by atoms with Crippen molar-refractivity contribution in [1.82, 2.24) is 15.0 Å². The number of fused-ring (bicyclic) bond motifs is 1. The molecule has 1 atom stereocenters. The second-order valence-corrected chi connectivity index (χ2v) is 7.02. The van der Waals surface area contributed by atoms with Crippen LogP contribution in [0.25, 0.3) is 0 Å². The van der Waals surface area contributed by atoms with Crippen molar-refractivity contribution in [2.24, 2.45) is 0 Å². The molecule has 0 bridgehead atoms. The predicted molar refractivity (Wildman–Crippen MR) is 98.9 cm³/mol. The molecule has 0 radical (unpaired) electrons. The number of oxazole rings is 1. The minimum absolute atomic E-state index is 0.135. The van der Waals surface area contributed by atoms with E-state index in [4.69, 9.17) is 13.7 Å². The fraction of sp³-hybridized carbons (Fsp3) is 0.350. The Kier molecular flexibility index (Phi) is 4.12. The first-order valence-electron chi connectivity index (χ1n) is 9.28. The van der Waals surface area contributed by atoms with E-state index >= 15 is 0 Å². The van der Waals surface area contributed by atoms with Gasteiger partial charge in [0.1, 0.15) is 17.4 Å². The van der Waals surface area contributed by atoms with Crippen molar-refractivity contribution in [3.8, 4) is 0 Å². The summed E-state index contributed by atoms with van der Waals surface area (Å²) >= 11 is 0. The fourth-order valence-corrected chi connectivity index (χ4v) is 3.97. The summed E-state index contributed by atoms with van der Waals surface area (Å²) in [7, 11) is 0. The van der Waals surface area contributed by atoms with Crippen LogP contribution in [0.1, 0.15) is 39.0 Å². The lowest BCUT2D eigenvalue weighted by molar-refractivity contribution is 0.0701. The number of morpholine rings is 1. The van der Waals surface area contributed by atoms with Gasteiger partial charge in [0.15, 0.2) is 12.2 Å². The largest absolute Gasteiger partial charge is 0.446 e. The lowest BCUT2D eigenvalue weighted by Crippen LogP contribution is -2.36. The molecule has 1 amide bonds. The second kappa shape index (κ2) is 6.79. The van der Waals surface area contributed by atoms with Crippen LogP contribution in [0.2, 0.25) is 0 Å². The Balaban J connectivity index is 1.53. The van der Waals surface area contributed by atoms with E-state index in [0.717, 1.165) is 43.1 Å². The molecule has 5 rings (SSSR count). The average molecular weight is 380 g/mol. The van der Waals surface area contributed by atoms with E-state index in [0.29, 0.717) is 23.6 Å². The molecule has 1 unspecified atom stereocenters. The van der Waals surface area contributed by atoms with Gasteiger partial charge in [0.05, 0.1) is 25.6 Å². The van der Waals surface area contributed by atoms with E-state index in [1.165, 1.54) is 12.6 Å². The molecule has 1 saturated heterocycles. The number of hydrogen-bond acceptors (Lipinski definition) is 7. The smallest absolute Gasteiger partial charge is 0.260 e. The first kappa shape index (κ1) is 17.0. The molecule has 1 fully saturated rings. The van der Waals surface area contributed by atoms with Gasteiger partial charge < -0.3 is 23.5 Å². The summed E-state index contributed by atoms with van der Waals surface area (Å²) < 4.78 is 16.1. The lowest BCUT2D eigenvalue weighted by Gasteiger charge is -2.29. The van der Waals surface area contributed by atoms with Gasteiger partial charge in [0.25, 0.3) is 5.91 Å². The van der Waals surface area contributed by atoms with Gasteiger partial charge in [0.2, 0.25) is 0 Å². The van der Waals surface area contributed by atoms with Crippen molar-refractivity contribution in [2.75, 3.05) is 31.2 Å². The van der Waals surface area contributed by atoms with E-state index in [2.05, 4.69) is 33.2 Å². The summed E-state index contributed by atoms with van der Waals surface area (Å²) in [5.74, 6) is 1.01. The van der Waals surface area contributed by atoms with Crippen molar-refractivity contribution in [3.05, 3.63) is 65.2 Å². The number of nitrogens with zero attached hydrogens (tertiary/aromatic N) is 4. The third kappa shape index (κ3) is 2.77. The number of ether oxygens (including phenoxy) is 1. The third-order valence-electron chi connectivity index (χ3n) is 5.41. The van der Waals surface area contributed by atoms with Crippen LogP contribution in [0, 0.1) is 6.92 Å². The first-order chi connectivity index (χ1) is 13.7. The number of aryl methyl sites for hydroxylation is 1. The van der Waals surface area contributed by atoms with Crippen LogP contribution in [0.15, 0.2) is 45.9 Å². The minimum Gasteiger partial charge on any atom is -0.446 e. The summed E-state index contributed by atoms with van der Waals surface area (Å²) in [6, 6.07) is 6.03. The Morgan fingerprint density at radius 3 is 2.79 bits per heavy atom. The number of anilines is 1. The van der Waals surface area contributed by atoms with Gasteiger partial charge in [-0.25, -0.2) is 4.98 Å². The van der Waals surface area contributed by atoms with Gasteiger partial charge in [-0.3, -0.25) is 4.79 Å². The van der Waals surface area contributed by atoms with Crippen molar-refractivity contribution in [1.29, 1.82) is 0 Å². The Morgan fingerprint density at radius 2 is 2.07 bits per heavy atom. The van der Waals surface area contributed by atoms with Crippen LogP contribution >= 0.6 is 0 Å². The fourth-order valence-electron chi connectivity index (χ4n) is 3.97. The molecule has 3 aromatic rings. The van der Waals surface area contributed by atoms with Crippen LogP contribution in [-0.4, -0.2) is 47.3 Å². The number of carbonyl (C=O) groups is 1. The summed E-state index contributed by atoms with van der Waals surface area (Å²) in [6.45, 7) is 5.43. The zero-order valence-electron chi connectivity index (χ0n) is 15.5. The number of amides is 1. The molecule has 0 spiro atoms. The second-order valence-electron chi connectivity index (χ2n) is 7.02. The molecule has 28 heavy (non-hydrogen) atoms. The number of hydrogen-bond donors (Lipinski definition) is 0. The van der Waals surface area contributed by atoms with Gasteiger partial charge >= 0.3 is 0 Å². The molecule has 2 aromatic heterocycles. The zero-order valence-corrected chi connectivity index (χ0v) is 15.5. The van der Waals surface area contributed by atoms with Gasteiger partial charge in [-0.05, 0) is 30.2 Å². The highest BCUT2D eigenvalue weighted by Crippen LogP contribution is 2.41. The normalized spacial score (nSPS) is 19.1. The lowest BCUT2D eigenvalue weighted by atomic mass is 10.0. The first-order valence-corrected chi connectivity index (χ1v) is 9.28. The third-order valence-corrected chi connectivity index (χ3v) is 5.41. The molecule has 8 heteroatoms. The van der Waals surface area contributed by atoms with Gasteiger partial charge in [-0.15, -0.1) is 0 Å². The maximum absolute atomic E-state index is 13.2. The topological polar surface area (TPSA) is 84.8 Å². The minimum atomic E-state index is -0.321. The molecular formula is C20H20N4O4. The highest BCUT2D eigenvalue weighted by molar-refractivity contribution is 5.95. The van der Waals surface area contributed by atoms with E-state index < -0.39 is 0 Å². The van der Waals surface area contributed by atoms with E-state index in [-0.39, 0.29) is 11.9 Å². The van der Waals surface area contributed by atoms with Crippen molar-refractivity contribution in [3.63, 3.8) is 0 Å². The van der Waals surface area contributed by atoms with Crippen LogP contribution in [0.3, 0.4) is 0 Å². The molecule has 4 heterocycles.